The van der Waals surface area contributed by atoms with Crippen molar-refractivity contribution in [3.8, 4) is 0 Å². The molecule has 0 radical (unpaired) electrons. The van der Waals surface area contributed by atoms with Gasteiger partial charge in [0.05, 0.1) is 11.7 Å². The van der Waals surface area contributed by atoms with Crippen molar-refractivity contribution in [3.63, 3.8) is 0 Å². The minimum Gasteiger partial charge on any atom is -0.388 e. The Balaban J connectivity index is 2.31. The van der Waals surface area contributed by atoms with E-state index in [4.69, 9.17) is 0 Å². The predicted octanol–water partition coefficient (Wildman–Crippen LogP) is 4.26. The molecule has 1 unspecified atom stereocenters. The fourth-order valence-electron chi connectivity index (χ4n) is 2.11. The summed E-state index contributed by atoms with van der Waals surface area (Å²) in [5, 5.41) is 9.96. The molecule has 6 heteroatoms. The summed E-state index contributed by atoms with van der Waals surface area (Å²) in [6.45, 7) is 0. The largest absolute Gasteiger partial charge is 0.416 e. The van der Waals surface area contributed by atoms with E-state index in [1.54, 1.807) is 0 Å². The Bertz CT molecular complexity index is 616. The molecule has 0 spiro atoms. The van der Waals surface area contributed by atoms with Crippen molar-refractivity contribution in [3.05, 3.63) is 70.8 Å². The van der Waals surface area contributed by atoms with Crippen LogP contribution in [0, 0.1) is 11.6 Å². The highest BCUT2D eigenvalue weighted by molar-refractivity contribution is 5.33. The first kappa shape index (κ1) is 15.4. The second-order valence-corrected chi connectivity index (χ2v) is 4.58. The maximum atomic E-state index is 13.0. The van der Waals surface area contributed by atoms with E-state index in [9.17, 15) is 27.1 Å². The van der Waals surface area contributed by atoms with Gasteiger partial charge in [-0.3, -0.25) is 0 Å². The van der Waals surface area contributed by atoms with Gasteiger partial charge >= 0.3 is 6.18 Å². The molecule has 2 aromatic rings. The Kier molecular flexibility index (Phi) is 4.27. The molecule has 0 aliphatic carbocycles. The summed E-state index contributed by atoms with van der Waals surface area (Å²) in [6.07, 6.45) is -6.43. The fourth-order valence-corrected chi connectivity index (χ4v) is 2.11. The van der Waals surface area contributed by atoms with E-state index >= 15 is 0 Å². The Labute approximate surface area is 117 Å². The third kappa shape index (κ3) is 3.78. The molecular formula is C15H11F5O. The zero-order valence-electron chi connectivity index (χ0n) is 10.7. The van der Waals surface area contributed by atoms with Crippen LogP contribution in [0.2, 0.25) is 0 Å². The van der Waals surface area contributed by atoms with E-state index in [-0.39, 0.29) is 17.5 Å². The van der Waals surface area contributed by atoms with Crippen LogP contribution in [0.4, 0.5) is 22.0 Å². The van der Waals surface area contributed by atoms with Crippen LogP contribution in [0.1, 0.15) is 22.8 Å². The van der Waals surface area contributed by atoms with Crippen LogP contribution in [0.15, 0.2) is 42.5 Å². The number of halogens is 5. The van der Waals surface area contributed by atoms with Gasteiger partial charge in [0.2, 0.25) is 0 Å². The molecule has 1 N–H and O–H groups in total. The number of rotatable bonds is 3. The van der Waals surface area contributed by atoms with Crippen molar-refractivity contribution in [2.75, 3.05) is 0 Å². The number of hydrogen-bond donors (Lipinski definition) is 1. The van der Waals surface area contributed by atoms with Crippen molar-refractivity contribution in [2.45, 2.75) is 18.7 Å². The molecule has 0 aliphatic rings. The first-order valence-corrected chi connectivity index (χ1v) is 6.06. The monoisotopic (exact) mass is 302 g/mol. The van der Waals surface area contributed by atoms with Crippen molar-refractivity contribution in [1.29, 1.82) is 0 Å². The average Bonchev–Trinajstić information content (AvgIpc) is 2.36. The third-order valence-corrected chi connectivity index (χ3v) is 2.98. The van der Waals surface area contributed by atoms with Gasteiger partial charge < -0.3 is 5.11 Å². The number of aliphatic hydroxyl groups excluding tert-OH is 1. The molecule has 0 aromatic heterocycles. The van der Waals surface area contributed by atoms with Crippen molar-refractivity contribution in [1.82, 2.24) is 0 Å². The lowest BCUT2D eigenvalue weighted by Crippen LogP contribution is -2.13. The molecule has 0 bridgehead atoms. The molecular weight excluding hydrogens is 291 g/mol. The number of aliphatic hydroxyl groups is 1. The molecule has 112 valence electrons. The lowest BCUT2D eigenvalue weighted by atomic mass is 9.96. The quantitative estimate of drug-likeness (QED) is 0.840. The summed E-state index contributed by atoms with van der Waals surface area (Å²) in [6, 6.07) is 7.17. The number of alkyl halides is 3. The zero-order valence-corrected chi connectivity index (χ0v) is 10.7. The van der Waals surface area contributed by atoms with Crippen LogP contribution >= 0.6 is 0 Å². The van der Waals surface area contributed by atoms with Crippen LogP contribution in [0.3, 0.4) is 0 Å². The Morgan fingerprint density at radius 1 is 0.952 bits per heavy atom. The molecule has 0 aliphatic heterocycles. The average molecular weight is 302 g/mol. The smallest absolute Gasteiger partial charge is 0.388 e. The van der Waals surface area contributed by atoms with Crippen LogP contribution in [0.25, 0.3) is 0 Å². The first-order valence-electron chi connectivity index (χ1n) is 6.06. The van der Waals surface area contributed by atoms with Gasteiger partial charge in [0.1, 0.15) is 11.6 Å². The second kappa shape index (κ2) is 5.81. The Morgan fingerprint density at radius 2 is 1.52 bits per heavy atom. The highest BCUT2D eigenvalue weighted by Crippen LogP contribution is 2.35. The highest BCUT2D eigenvalue weighted by atomic mass is 19.4. The first-order chi connectivity index (χ1) is 9.77. The molecule has 1 nitrogen and oxygen atoms in total. The van der Waals surface area contributed by atoms with Gasteiger partial charge in [0.25, 0.3) is 0 Å². The van der Waals surface area contributed by atoms with Gasteiger partial charge in [-0.1, -0.05) is 18.2 Å². The predicted molar refractivity (Wildman–Crippen MR) is 66.5 cm³/mol. The zero-order chi connectivity index (χ0) is 15.6. The summed E-state index contributed by atoms with van der Waals surface area (Å²) in [4.78, 5) is 0. The van der Waals surface area contributed by atoms with E-state index in [1.807, 2.05) is 0 Å². The normalized spacial score (nSPS) is 13.2. The molecule has 0 heterocycles. The van der Waals surface area contributed by atoms with Crippen LogP contribution < -0.4 is 0 Å². The molecule has 0 saturated carbocycles. The lowest BCUT2D eigenvalue weighted by Gasteiger charge is -2.17. The highest BCUT2D eigenvalue weighted by Gasteiger charge is 2.34. The standard InChI is InChI=1S/C15H11F5O/c16-10-5-9(6-11(17)8-10)7-14(21)12-3-1-2-4-13(12)15(18,19)20/h1-6,8,14,21H,7H2. The van der Waals surface area contributed by atoms with Gasteiger partial charge in [-0.15, -0.1) is 0 Å². The van der Waals surface area contributed by atoms with Crippen molar-refractivity contribution in [2.24, 2.45) is 0 Å². The molecule has 0 saturated heterocycles. The van der Waals surface area contributed by atoms with Gasteiger partial charge in [-0.2, -0.15) is 13.2 Å². The van der Waals surface area contributed by atoms with E-state index in [0.717, 1.165) is 24.3 Å². The van der Waals surface area contributed by atoms with Crippen LogP contribution in [0.5, 0.6) is 0 Å². The minimum absolute atomic E-state index is 0.0805. The van der Waals surface area contributed by atoms with E-state index in [0.29, 0.717) is 6.07 Å². The Hall–Kier alpha value is -1.95. The number of benzene rings is 2. The van der Waals surface area contributed by atoms with Crippen molar-refractivity contribution >= 4 is 0 Å². The molecule has 0 amide bonds. The van der Waals surface area contributed by atoms with Crippen LogP contribution in [-0.4, -0.2) is 5.11 Å². The fraction of sp³-hybridized carbons (Fsp3) is 0.200. The van der Waals surface area contributed by atoms with Gasteiger partial charge in [0, 0.05) is 12.5 Å². The van der Waals surface area contributed by atoms with E-state index in [2.05, 4.69) is 0 Å². The molecule has 2 aromatic carbocycles. The second-order valence-electron chi connectivity index (χ2n) is 4.58. The minimum atomic E-state index is -4.61. The summed E-state index contributed by atoms with van der Waals surface area (Å²) in [5.74, 6) is -1.69. The van der Waals surface area contributed by atoms with Gasteiger partial charge in [0.15, 0.2) is 0 Å². The lowest BCUT2D eigenvalue weighted by molar-refractivity contribution is -0.139. The summed E-state index contributed by atoms with van der Waals surface area (Å²) < 4.78 is 64.6. The molecule has 21 heavy (non-hydrogen) atoms. The molecule has 0 fully saturated rings. The summed E-state index contributed by atoms with van der Waals surface area (Å²) in [7, 11) is 0. The maximum absolute atomic E-state index is 13.0. The van der Waals surface area contributed by atoms with E-state index in [1.165, 1.54) is 12.1 Å². The summed E-state index contributed by atoms with van der Waals surface area (Å²) >= 11 is 0. The third-order valence-electron chi connectivity index (χ3n) is 2.98. The molecule has 2 rings (SSSR count). The van der Waals surface area contributed by atoms with Crippen LogP contribution in [-0.2, 0) is 12.6 Å². The SMILES string of the molecule is OC(Cc1cc(F)cc(F)c1)c1ccccc1C(F)(F)F. The summed E-state index contributed by atoms with van der Waals surface area (Å²) in [5.41, 5.74) is -1.21. The topological polar surface area (TPSA) is 20.2 Å². The van der Waals surface area contributed by atoms with Crippen molar-refractivity contribution < 1.29 is 27.1 Å². The molecule has 1 atom stereocenters. The van der Waals surface area contributed by atoms with Gasteiger partial charge in [-0.25, -0.2) is 8.78 Å². The number of hydrogen-bond acceptors (Lipinski definition) is 1. The Morgan fingerprint density at radius 3 is 2.10 bits per heavy atom. The van der Waals surface area contributed by atoms with E-state index < -0.39 is 29.5 Å². The van der Waals surface area contributed by atoms with Gasteiger partial charge in [-0.05, 0) is 29.3 Å². The maximum Gasteiger partial charge on any atom is 0.416 e.